The van der Waals surface area contributed by atoms with Crippen LogP contribution in [-0.4, -0.2) is 18.2 Å². The molecule has 15 heavy (non-hydrogen) atoms. The summed E-state index contributed by atoms with van der Waals surface area (Å²) >= 11 is 0. The molecule has 0 heterocycles. The average molecular weight is 209 g/mol. The maximum atomic E-state index is 13.5. The van der Waals surface area contributed by atoms with E-state index in [9.17, 15) is 9.18 Å². The number of carbonyl (C=O) groups excluding carboxylic acids is 1. The second-order valence-electron chi connectivity index (χ2n) is 2.72. The zero-order valence-electron chi connectivity index (χ0n) is 7.95. The van der Waals surface area contributed by atoms with Gasteiger partial charge in [-0.15, -0.1) is 0 Å². The van der Waals surface area contributed by atoms with Gasteiger partial charge in [0.15, 0.2) is 0 Å². The number of carbonyl (C=O) groups is 1. The third-order valence-electron chi connectivity index (χ3n) is 1.90. The predicted octanol–water partition coefficient (Wildman–Crippen LogP) is 0.976. The molecule has 1 aromatic rings. The van der Waals surface area contributed by atoms with Crippen LogP contribution in [0.1, 0.15) is 21.5 Å². The van der Waals surface area contributed by atoms with Gasteiger partial charge in [-0.2, -0.15) is 5.26 Å². The Morgan fingerprint density at radius 2 is 2.33 bits per heavy atom. The molecule has 0 spiro atoms. The Morgan fingerprint density at radius 1 is 1.67 bits per heavy atom. The summed E-state index contributed by atoms with van der Waals surface area (Å²) in [5, 5.41) is 17.4. The number of esters is 1. The highest BCUT2D eigenvalue weighted by Gasteiger charge is 2.20. The summed E-state index contributed by atoms with van der Waals surface area (Å²) in [6, 6.07) is 4.20. The molecule has 4 nitrogen and oxygen atoms in total. The lowest BCUT2D eigenvalue weighted by Crippen LogP contribution is -2.09. The SMILES string of the molecule is COC(=O)c1c(C#N)ccc(CO)c1F. The van der Waals surface area contributed by atoms with Crippen molar-refractivity contribution in [3.05, 3.63) is 34.6 Å². The topological polar surface area (TPSA) is 70.3 Å². The van der Waals surface area contributed by atoms with Crippen molar-refractivity contribution in [1.82, 2.24) is 0 Å². The van der Waals surface area contributed by atoms with Crippen molar-refractivity contribution in [3.63, 3.8) is 0 Å². The van der Waals surface area contributed by atoms with Crippen LogP contribution in [0.5, 0.6) is 0 Å². The molecule has 0 atom stereocenters. The van der Waals surface area contributed by atoms with Gasteiger partial charge in [-0.25, -0.2) is 9.18 Å². The van der Waals surface area contributed by atoms with Gasteiger partial charge in [0, 0.05) is 5.56 Å². The van der Waals surface area contributed by atoms with Gasteiger partial charge in [-0.3, -0.25) is 0 Å². The lowest BCUT2D eigenvalue weighted by molar-refractivity contribution is 0.0594. The quantitative estimate of drug-likeness (QED) is 0.737. The number of hydrogen-bond acceptors (Lipinski definition) is 4. The molecule has 0 aliphatic carbocycles. The zero-order chi connectivity index (χ0) is 11.4. The van der Waals surface area contributed by atoms with Crippen molar-refractivity contribution >= 4 is 5.97 Å². The number of nitrogens with zero attached hydrogens (tertiary/aromatic N) is 1. The summed E-state index contributed by atoms with van der Waals surface area (Å²) in [6.07, 6.45) is 0. The van der Waals surface area contributed by atoms with E-state index >= 15 is 0 Å². The van der Waals surface area contributed by atoms with E-state index in [2.05, 4.69) is 4.74 Å². The molecule has 0 aromatic heterocycles. The third-order valence-corrected chi connectivity index (χ3v) is 1.90. The number of ether oxygens (including phenoxy) is 1. The summed E-state index contributed by atoms with van der Waals surface area (Å²) in [5.74, 6) is -1.84. The van der Waals surface area contributed by atoms with E-state index in [1.165, 1.54) is 12.1 Å². The number of benzene rings is 1. The summed E-state index contributed by atoms with van der Waals surface area (Å²) in [7, 11) is 1.09. The Morgan fingerprint density at radius 3 is 2.80 bits per heavy atom. The van der Waals surface area contributed by atoms with Gasteiger partial charge in [0.25, 0.3) is 0 Å². The summed E-state index contributed by atoms with van der Waals surface area (Å²) in [6.45, 7) is -0.540. The van der Waals surface area contributed by atoms with E-state index in [-0.39, 0.29) is 11.1 Å². The Labute approximate surface area is 85.5 Å². The Bertz CT molecular complexity index is 437. The maximum absolute atomic E-state index is 13.5. The first-order valence-corrected chi connectivity index (χ1v) is 4.06. The molecule has 0 saturated carbocycles. The van der Waals surface area contributed by atoms with Crippen molar-refractivity contribution in [1.29, 1.82) is 5.26 Å². The molecule has 1 N–H and O–H groups in total. The molecule has 0 bridgehead atoms. The van der Waals surface area contributed by atoms with Crippen LogP contribution in [0.3, 0.4) is 0 Å². The van der Waals surface area contributed by atoms with Crippen molar-refractivity contribution < 1.29 is 19.0 Å². The lowest BCUT2D eigenvalue weighted by Gasteiger charge is -2.06. The van der Waals surface area contributed by atoms with Gasteiger partial charge in [-0.05, 0) is 6.07 Å². The molecule has 1 rings (SSSR count). The highest BCUT2D eigenvalue weighted by atomic mass is 19.1. The molecular weight excluding hydrogens is 201 g/mol. The van der Waals surface area contributed by atoms with Crippen LogP contribution in [0.15, 0.2) is 12.1 Å². The second kappa shape index (κ2) is 4.53. The number of hydrogen-bond donors (Lipinski definition) is 1. The predicted molar refractivity (Wildman–Crippen MR) is 48.4 cm³/mol. The minimum absolute atomic E-state index is 0.0469. The van der Waals surface area contributed by atoms with Gasteiger partial charge in [-0.1, -0.05) is 6.07 Å². The van der Waals surface area contributed by atoms with Gasteiger partial charge in [0.2, 0.25) is 0 Å². The van der Waals surface area contributed by atoms with E-state index in [4.69, 9.17) is 10.4 Å². The fourth-order valence-corrected chi connectivity index (χ4v) is 1.14. The van der Waals surface area contributed by atoms with Crippen LogP contribution in [0, 0.1) is 17.1 Å². The van der Waals surface area contributed by atoms with Crippen LogP contribution in [0.4, 0.5) is 4.39 Å². The number of aliphatic hydroxyl groups is 1. The molecule has 0 amide bonds. The van der Waals surface area contributed by atoms with Crippen LogP contribution in [0.25, 0.3) is 0 Å². The standard InChI is InChI=1S/C10H8FNO3/c1-15-10(14)8-6(4-12)2-3-7(5-13)9(8)11/h2-3,13H,5H2,1H3. The normalized spacial score (nSPS) is 9.47. The molecule has 5 heteroatoms. The first kappa shape index (κ1) is 11.1. The van der Waals surface area contributed by atoms with Crippen molar-refractivity contribution in [2.24, 2.45) is 0 Å². The fraction of sp³-hybridized carbons (Fsp3) is 0.200. The fourth-order valence-electron chi connectivity index (χ4n) is 1.14. The van der Waals surface area contributed by atoms with Gasteiger partial charge >= 0.3 is 5.97 Å². The number of aliphatic hydroxyl groups excluding tert-OH is 1. The monoisotopic (exact) mass is 209 g/mol. The minimum Gasteiger partial charge on any atom is -0.465 e. The summed E-state index contributed by atoms with van der Waals surface area (Å²) in [5.41, 5.74) is -0.600. The van der Waals surface area contributed by atoms with E-state index in [0.717, 1.165) is 7.11 Å². The first-order valence-electron chi connectivity index (χ1n) is 4.06. The van der Waals surface area contributed by atoms with E-state index in [0.29, 0.717) is 0 Å². The number of nitriles is 1. The smallest absolute Gasteiger partial charge is 0.342 e. The molecule has 78 valence electrons. The molecule has 0 radical (unpaired) electrons. The second-order valence-corrected chi connectivity index (χ2v) is 2.72. The molecule has 0 saturated heterocycles. The largest absolute Gasteiger partial charge is 0.465 e. The number of rotatable bonds is 2. The maximum Gasteiger partial charge on any atom is 0.342 e. The van der Waals surface area contributed by atoms with Crippen molar-refractivity contribution in [2.75, 3.05) is 7.11 Å². The molecular formula is C10H8FNO3. The summed E-state index contributed by atoms with van der Waals surface area (Å²) in [4.78, 5) is 11.2. The Kier molecular flexibility index (Phi) is 3.37. The van der Waals surface area contributed by atoms with E-state index < -0.39 is 24.0 Å². The third kappa shape index (κ3) is 1.95. The summed E-state index contributed by atoms with van der Waals surface area (Å²) < 4.78 is 17.9. The lowest BCUT2D eigenvalue weighted by atomic mass is 10.0. The van der Waals surface area contributed by atoms with Gasteiger partial charge in [0.05, 0.1) is 19.3 Å². The zero-order valence-corrected chi connectivity index (χ0v) is 7.95. The van der Waals surface area contributed by atoms with Crippen LogP contribution >= 0.6 is 0 Å². The highest BCUT2D eigenvalue weighted by Crippen LogP contribution is 2.18. The Balaban J connectivity index is 3.44. The number of halogens is 1. The average Bonchev–Trinajstić information content (AvgIpc) is 2.27. The molecule has 1 aromatic carbocycles. The van der Waals surface area contributed by atoms with Crippen LogP contribution < -0.4 is 0 Å². The Hall–Kier alpha value is -1.93. The number of methoxy groups -OCH3 is 1. The molecule has 0 aliphatic heterocycles. The van der Waals surface area contributed by atoms with Gasteiger partial charge < -0.3 is 9.84 Å². The van der Waals surface area contributed by atoms with Crippen molar-refractivity contribution in [3.8, 4) is 6.07 Å². The molecule has 0 unspecified atom stereocenters. The molecule has 0 fully saturated rings. The minimum atomic E-state index is -0.931. The van der Waals surface area contributed by atoms with Crippen molar-refractivity contribution in [2.45, 2.75) is 6.61 Å². The first-order chi connectivity index (χ1) is 7.15. The van der Waals surface area contributed by atoms with E-state index in [1.807, 2.05) is 0 Å². The van der Waals surface area contributed by atoms with Gasteiger partial charge in [0.1, 0.15) is 17.4 Å². The van der Waals surface area contributed by atoms with Crippen LogP contribution in [-0.2, 0) is 11.3 Å². The molecule has 0 aliphatic rings. The van der Waals surface area contributed by atoms with E-state index in [1.54, 1.807) is 6.07 Å². The van der Waals surface area contributed by atoms with Crippen LogP contribution in [0.2, 0.25) is 0 Å². The highest BCUT2D eigenvalue weighted by molar-refractivity contribution is 5.92.